The van der Waals surface area contributed by atoms with Gasteiger partial charge >= 0.3 is 6.09 Å². The van der Waals surface area contributed by atoms with E-state index < -0.39 is 17.5 Å². The number of hydrogen-bond acceptors (Lipinski definition) is 10. The molecule has 2 aromatic heterocycles. The number of carbonyl (C=O) groups is 1. The molecular weight excluding hydrogens is 491 g/mol. The maximum atomic E-state index is 15.9. The van der Waals surface area contributed by atoms with Gasteiger partial charge in [0.05, 0.1) is 6.61 Å². The quantitative estimate of drug-likeness (QED) is 0.635. The van der Waals surface area contributed by atoms with E-state index in [9.17, 15) is 4.79 Å². The minimum atomic E-state index is -0.564. The summed E-state index contributed by atoms with van der Waals surface area (Å²) in [5.41, 5.74) is -0.287. The summed E-state index contributed by atoms with van der Waals surface area (Å²) in [6.45, 7) is 11.9. The molecule has 3 aliphatic heterocycles. The van der Waals surface area contributed by atoms with Crippen molar-refractivity contribution in [3.63, 3.8) is 0 Å². The lowest BCUT2D eigenvalue weighted by molar-refractivity contribution is 0.0225. The monoisotopic (exact) mass is 528 g/mol. The second-order valence-corrected chi connectivity index (χ2v) is 10.7. The molecule has 3 aliphatic rings. The molecular formula is C26H37FN8O3. The Bertz CT molecular complexity index is 1090. The van der Waals surface area contributed by atoms with Crippen LogP contribution in [0, 0.1) is 5.82 Å². The van der Waals surface area contributed by atoms with Crippen LogP contribution in [-0.2, 0) is 9.47 Å². The molecule has 1 amide bonds. The summed E-state index contributed by atoms with van der Waals surface area (Å²) in [6, 6.07) is 5.90. The lowest BCUT2D eigenvalue weighted by atomic mass is 10.2. The van der Waals surface area contributed by atoms with Gasteiger partial charge in [-0.3, -0.25) is 0 Å². The number of aromatic nitrogens is 3. The molecule has 0 radical (unpaired) electrons. The maximum Gasteiger partial charge on any atom is 0.410 e. The molecule has 5 heterocycles. The molecule has 0 bridgehead atoms. The molecule has 12 heteroatoms. The van der Waals surface area contributed by atoms with Crippen molar-refractivity contribution in [2.45, 2.75) is 32.5 Å². The Kier molecular flexibility index (Phi) is 7.80. The third-order valence-corrected chi connectivity index (χ3v) is 6.85. The maximum absolute atomic E-state index is 15.9. The van der Waals surface area contributed by atoms with E-state index in [1.54, 1.807) is 11.1 Å². The number of amides is 1. The minimum absolute atomic E-state index is 0.259. The van der Waals surface area contributed by atoms with Crippen LogP contribution in [-0.4, -0.2) is 104 Å². The van der Waals surface area contributed by atoms with Crippen molar-refractivity contribution in [3.05, 3.63) is 35.9 Å². The normalized spacial score (nSPS) is 21.0. The van der Waals surface area contributed by atoms with Crippen molar-refractivity contribution in [1.29, 1.82) is 0 Å². The number of piperazine rings is 2. The fourth-order valence-electron chi connectivity index (χ4n) is 4.85. The zero-order valence-electron chi connectivity index (χ0n) is 22.4. The van der Waals surface area contributed by atoms with Gasteiger partial charge in [-0.2, -0.15) is 4.98 Å². The summed E-state index contributed by atoms with van der Waals surface area (Å²) in [5, 5.41) is 3.27. The lowest BCUT2D eigenvalue weighted by Crippen LogP contribution is -2.51. The van der Waals surface area contributed by atoms with E-state index >= 15 is 4.39 Å². The van der Waals surface area contributed by atoms with Crippen LogP contribution in [0.3, 0.4) is 0 Å². The summed E-state index contributed by atoms with van der Waals surface area (Å²) in [6.07, 6.45) is 0.959. The highest BCUT2D eigenvalue weighted by atomic mass is 19.1. The largest absolute Gasteiger partial charge is 0.444 e. The molecule has 11 nitrogen and oxygen atoms in total. The van der Waals surface area contributed by atoms with E-state index in [0.717, 1.165) is 25.5 Å². The van der Waals surface area contributed by atoms with Crippen LogP contribution in [0.1, 0.15) is 32.6 Å². The van der Waals surface area contributed by atoms with Crippen LogP contribution in [0.5, 0.6) is 0 Å². The summed E-state index contributed by atoms with van der Waals surface area (Å²) in [5.74, 6) is 1.24. The number of nitrogens with zero attached hydrogens (tertiary/aromatic N) is 7. The average Bonchev–Trinajstić information content (AvgIpc) is 2.93. The number of rotatable bonds is 4. The van der Waals surface area contributed by atoms with Crippen LogP contribution < -0.4 is 20.0 Å². The Morgan fingerprint density at radius 3 is 2.37 bits per heavy atom. The number of halogens is 1. The van der Waals surface area contributed by atoms with Crippen molar-refractivity contribution in [2.75, 3.05) is 86.8 Å². The highest BCUT2D eigenvalue weighted by Crippen LogP contribution is 2.30. The van der Waals surface area contributed by atoms with Crippen LogP contribution >= 0.6 is 0 Å². The zero-order chi connectivity index (χ0) is 26.7. The molecule has 206 valence electrons. The van der Waals surface area contributed by atoms with Crippen molar-refractivity contribution in [1.82, 2.24) is 25.2 Å². The van der Waals surface area contributed by atoms with E-state index in [-0.39, 0.29) is 17.6 Å². The third kappa shape index (κ3) is 6.07. The predicted octanol–water partition coefficient (Wildman–Crippen LogP) is 2.06. The number of pyridine rings is 1. The molecule has 3 fully saturated rings. The number of nitrogens with one attached hydrogen (secondary N) is 1. The van der Waals surface area contributed by atoms with Gasteiger partial charge in [0, 0.05) is 71.6 Å². The molecule has 2 aromatic rings. The van der Waals surface area contributed by atoms with Crippen molar-refractivity contribution in [2.24, 2.45) is 0 Å². The van der Waals surface area contributed by atoms with Gasteiger partial charge in [0.25, 0.3) is 0 Å². The third-order valence-electron chi connectivity index (χ3n) is 6.85. The van der Waals surface area contributed by atoms with Crippen LogP contribution in [0.25, 0.3) is 0 Å². The summed E-state index contributed by atoms with van der Waals surface area (Å²) < 4.78 is 27.3. The van der Waals surface area contributed by atoms with Crippen LogP contribution in [0.15, 0.2) is 24.4 Å². The first kappa shape index (κ1) is 26.4. The molecule has 3 saturated heterocycles. The highest BCUT2D eigenvalue weighted by molar-refractivity contribution is 5.68. The van der Waals surface area contributed by atoms with Gasteiger partial charge in [-0.1, -0.05) is 6.07 Å². The first-order chi connectivity index (χ1) is 18.3. The lowest BCUT2D eigenvalue weighted by Gasteiger charge is -2.38. The van der Waals surface area contributed by atoms with Gasteiger partial charge < -0.3 is 34.4 Å². The first-order valence-corrected chi connectivity index (χ1v) is 13.3. The molecule has 1 unspecified atom stereocenters. The van der Waals surface area contributed by atoms with Gasteiger partial charge in [-0.25, -0.2) is 19.2 Å². The first-order valence-electron chi connectivity index (χ1n) is 13.3. The van der Waals surface area contributed by atoms with Crippen LogP contribution in [0.4, 0.5) is 26.8 Å². The number of ether oxygens (including phenoxy) is 2. The fourth-order valence-corrected chi connectivity index (χ4v) is 4.85. The Hall–Kier alpha value is -3.25. The summed E-state index contributed by atoms with van der Waals surface area (Å²) >= 11 is 0. The Labute approximate surface area is 222 Å². The minimum Gasteiger partial charge on any atom is -0.444 e. The van der Waals surface area contributed by atoms with Gasteiger partial charge in [-0.15, -0.1) is 0 Å². The molecule has 0 spiro atoms. The molecule has 1 N–H and O–H groups in total. The average molecular weight is 529 g/mol. The zero-order valence-corrected chi connectivity index (χ0v) is 22.4. The molecule has 0 aliphatic carbocycles. The second kappa shape index (κ2) is 11.2. The van der Waals surface area contributed by atoms with Crippen molar-refractivity contribution >= 4 is 23.7 Å². The van der Waals surface area contributed by atoms with E-state index in [4.69, 9.17) is 14.5 Å². The Balaban J connectivity index is 1.34. The SMILES string of the molecule is CC(C)(C)OC(=O)N1CCN(c2nc(N3CCN(c4ccccn4)CC3)nc(C3CNCCO3)c2F)CC1. The topological polar surface area (TPSA) is 99.2 Å². The number of anilines is 3. The van der Waals surface area contributed by atoms with Crippen molar-refractivity contribution in [3.8, 4) is 0 Å². The molecule has 5 rings (SSSR count). The standard InChI is InChI=1S/C26H37FN8O3/c1-26(2,3)38-25(36)35-15-11-33(12-16-35)23-21(27)22(19-18-28-8-17-37-19)30-24(31-23)34-13-9-32(10-14-34)20-6-4-5-7-29-20/h4-7,19,28H,8-18H2,1-3H3. The molecule has 38 heavy (non-hydrogen) atoms. The van der Waals surface area contributed by atoms with E-state index in [0.29, 0.717) is 58.4 Å². The Morgan fingerprint density at radius 1 is 1.03 bits per heavy atom. The molecule has 0 saturated carbocycles. The predicted molar refractivity (Wildman–Crippen MR) is 142 cm³/mol. The van der Waals surface area contributed by atoms with Gasteiger partial charge in [0.15, 0.2) is 11.6 Å². The summed E-state index contributed by atoms with van der Waals surface area (Å²) in [4.78, 5) is 34.3. The Morgan fingerprint density at radius 2 is 1.74 bits per heavy atom. The second-order valence-electron chi connectivity index (χ2n) is 10.7. The van der Waals surface area contributed by atoms with Gasteiger partial charge in [0.1, 0.15) is 23.2 Å². The number of carbonyl (C=O) groups excluding carboxylic acids is 1. The molecule has 0 aromatic carbocycles. The van der Waals surface area contributed by atoms with E-state index in [1.807, 2.05) is 43.9 Å². The van der Waals surface area contributed by atoms with E-state index in [2.05, 4.69) is 25.1 Å². The molecule has 1 atom stereocenters. The van der Waals surface area contributed by atoms with Crippen molar-refractivity contribution < 1.29 is 18.7 Å². The smallest absolute Gasteiger partial charge is 0.410 e. The van der Waals surface area contributed by atoms with Gasteiger partial charge in [0.2, 0.25) is 5.95 Å². The van der Waals surface area contributed by atoms with Crippen LogP contribution in [0.2, 0.25) is 0 Å². The summed E-state index contributed by atoms with van der Waals surface area (Å²) in [7, 11) is 0. The number of morpholine rings is 1. The van der Waals surface area contributed by atoms with E-state index in [1.165, 1.54) is 0 Å². The highest BCUT2D eigenvalue weighted by Gasteiger charge is 2.32. The number of hydrogen-bond donors (Lipinski definition) is 1. The van der Waals surface area contributed by atoms with Gasteiger partial charge in [-0.05, 0) is 32.9 Å². The fraction of sp³-hybridized carbons (Fsp3) is 0.615.